The van der Waals surface area contributed by atoms with Crippen LogP contribution in [0.4, 0.5) is 0 Å². The lowest BCUT2D eigenvalue weighted by Gasteiger charge is -2.20. The number of hydrogen-bond acceptors (Lipinski definition) is 4. The average Bonchev–Trinajstić information content (AvgIpc) is 3.33. The minimum atomic E-state index is 0. The van der Waals surface area contributed by atoms with Crippen molar-refractivity contribution in [3.63, 3.8) is 0 Å². The Hall–Kier alpha value is -2.70. The number of hydrogen-bond donors (Lipinski definition) is 1. The van der Waals surface area contributed by atoms with Crippen molar-refractivity contribution in [1.82, 2.24) is 14.8 Å². The molecule has 0 spiro atoms. The third kappa shape index (κ3) is 5.03. The minimum absolute atomic E-state index is 0. The van der Waals surface area contributed by atoms with Crippen LogP contribution in [0.1, 0.15) is 34.3 Å². The Balaban J connectivity index is 0.00000289. The normalized spacial score (nSPS) is 12.9. The molecule has 2 aromatic carbocycles. The highest BCUT2D eigenvalue weighted by molar-refractivity contribution is 5.99. The van der Waals surface area contributed by atoms with Crippen LogP contribution >= 0.6 is 12.4 Å². The Morgan fingerprint density at radius 1 is 1.06 bits per heavy atom. The van der Waals surface area contributed by atoms with Crippen LogP contribution in [0.3, 0.4) is 0 Å². The summed E-state index contributed by atoms with van der Waals surface area (Å²) in [6.07, 6.45) is 5.27. The molecular weight excluding hydrogens is 426 g/mol. The van der Waals surface area contributed by atoms with Crippen molar-refractivity contribution in [2.75, 3.05) is 40.9 Å². The van der Waals surface area contributed by atoms with Gasteiger partial charge in [0.1, 0.15) is 0 Å². The van der Waals surface area contributed by atoms with E-state index in [-0.39, 0.29) is 18.3 Å². The Bertz CT molecular complexity index is 1070. The van der Waals surface area contributed by atoms with Gasteiger partial charge in [0.15, 0.2) is 11.5 Å². The molecule has 0 radical (unpaired) electrons. The van der Waals surface area contributed by atoms with Gasteiger partial charge in [-0.15, -0.1) is 12.4 Å². The van der Waals surface area contributed by atoms with Gasteiger partial charge in [-0.1, -0.05) is 18.2 Å². The Morgan fingerprint density at radius 2 is 1.78 bits per heavy atom. The number of fused-ring (bicyclic) bond motifs is 2. The van der Waals surface area contributed by atoms with Gasteiger partial charge in [0.05, 0.1) is 14.2 Å². The fourth-order valence-corrected chi connectivity index (χ4v) is 4.40. The maximum absolute atomic E-state index is 12.8. The number of ether oxygens (including phenoxy) is 2. The molecule has 6 nitrogen and oxygen atoms in total. The summed E-state index contributed by atoms with van der Waals surface area (Å²) in [6, 6.07) is 12.2. The fraction of sp³-hybridized carbons (Fsp3) is 0.400. The quantitative estimate of drug-likeness (QED) is 0.486. The first-order valence-electron chi connectivity index (χ1n) is 10.9. The summed E-state index contributed by atoms with van der Waals surface area (Å²) >= 11 is 0. The van der Waals surface area contributed by atoms with Crippen LogP contribution in [0.2, 0.25) is 0 Å². The van der Waals surface area contributed by atoms with Gasteiger partial charge in [-0.3, -0.25) is 4.79 Å². The molecule has 0 saturated heterocycles. The molecule has 7 heteroatoms. The van der Waals surface area contributed by atoms with E-state index in [0.717, 1.165) is 50.0 Å². The maximum atomic E-state index is 12.8. The zero-order valence-electron chi connectivity index (χ0n) is 19.0. The number of benzene rings is 2. The van der Waals surface area contributed by atoms with E-state index in [2.05, 4.69) is 47.4 Å². The maximum Gasteiger partial charge on any atom is 0.254 e. The van der Waals surface area contributed by atoms with Crippen LogP contribution in [0.5, 0.6) is 11.5 Å². The molecule has 0 bridgehead atoms. The van der Waals surface area contributed by atoms with E-state index in [1.807, 2.05) is 11.0 Å². The summed E-state index contributed by atoms with van der Waals surface area (Å²) in [6.45, 7) is 3.41. The van der Waals surface area contributed by atoms with Crippen LogP contribution in [0.25, 0.3) is 10.9 Å². The summed E-state index contributed by atoms with van der Waals surface area (Å²) in [5, 5.41) is 1.32. The smallest absolute Gasteiger partial charge is 0.254 e. The zero-order valence-corrected chi connectivity index (χ0v) is 19.8. The Labute approximate surface area is 195 Å². The van der Waals surface area contributed by atoms with E-state index in [9.17, 15) is 4.79 Å². The SMILES string of the molecule is COc1cc2c(cc1OC)C(=O)N(CCCN(C)CCCc1c[nH]c3ccccc13)C2.Cl. The van der Waals surface area contributed by atoms with Crippen molar-refractivity contribution >= 4 is 29.2 Å². The van der Waals surface area contributed by atoms with E-state index >= 15 is 0 Å². The van der Waals surface area contributed by atoms with Gasteiger partial charge >= 0.3 is 0 Å². The molecule has 0 fully saturated rings. The average molecular weight is 458 g/mol. The number of halogens is 1. The summed E-state index contributed by atoms with van der Waals surface area (Å²) < 4.78 is 10.7. The topological polar surface area (TPSA) is 57.8 Å². The molecule has 4 rings (SSSR count). The van der Waals surface area contributed by atoms with Gasteiger partial charge in [-0.25, -0.2) is 0 Å². The van der Waals surface area contributed by atoms with Gasteiger partial charge in [0.25, 0.3) is 5.91 Å². The van der Waals surface area contributed by atoms with E-state index in [1.54, 1.807) is 20.3 Å². The number of nitrogens with zero attached hydrogens (tertiary/aromatic N) is 2. The van der Waals surface area contributed by atoms with Gasteiger partial charge in [-0.2, -0.15) is 0 Å². The second kappa shape index (κ2) is 10.7. The van der Waals surface area contributed by atoms with E-state index in [4.69, 9.17) is 9.47 Å². The Kier molecular flexibility index (Phi) is 8.04. The third-order valence-corrected chi connectivity index (χ3v) is 6.12. The molecule has 1 amide bonds. The Morgan fingerprint density at radius 3 is 2.56 bits per heavy atom. The lowest BCUT2D eigenvalue weighted by atomic mass is 10.1. The summed E-state index contributed by atoms with van der Waals surface area (Å²) in [5.41, 5.74) is 4.33. The number of aryl methyl sites for hydroxylation is 1. The first kappa shape index (κ1) is 24.0. The number of aromatic amines is 1. The van der Waals surface area contributed by atoms with Gasteiger partial charge in [0, 0.05) is 35.8 Å². The van der Waals surface area contributed by atoms with Crippen molar-refractivity contribution in [3.05, 3.63) is 59.3 Å². The van der Waals surface area contributed by atoms with Crippen molar-refractivity contribution in [3.8, 4) is 11.5 Å². The highest BCUT2D eigenvalue weighted by atomic mass is 35.5. The molecule has 1 aliphatic rings. The number of amides is 1. The lowest BCUT2D eigenvalue weighted by Crippen LogP contribution is -2.29. The van der Waals surface area contributed by atoms with Crippen LogP contribution < -0.4 is 9.47 Å². The van der Waals surface area contributed by atoms with Gasteiger partial charge in [0.2, 0.25) is 0 Å². The molecular formula is C25H32ClN3O3. The van der Waals surface area contributed by atoms with Crippen molar-refractivity contribution < 1.29 is 14.3 Å². The number of methoxy groups -OCH3 is 2. The monoisotopic (exact) mass is 457 g/mol. The number of H-pyrrole nitrogens is 1. The highest BCUT2D eigenvalue weighted by Gasteiger charge is 2.29. The largest absolute Gasteiger partial charge is 0.493 e. The van der Waals surface area contributed by atoms with E-state index in [0.29, 0.717) is 18.0 Å². The minimum Gasteiger partial charge on any atom is -0.493 e. The zero-order chi connectivity index (χ0) is 21.8. The van der Waals surface area contributed by atoms with E-state index < -0.39 is 0 Å². The van der Waals surface area contributed by atoms with Crippen molar-refractivity contribution in [2.45, 2.75) is 25.8 Å². The summed E-state index contributed by atoms with van der Waals surface area (Å²) in [5.74, 6) is 1.36. The van der Waals surface area contributed by atoms with Crippen LogP contribution in [-0.2, 0) is 13.0 Å². The first-order chi connectivity index (χ1) is 15.1. The van der Waals surface area contributed by atoms with Crippen LogP contribution in [-0.4, -0.2) is 61.6 Å². The molecule has 1 N–H and O–H groups in total. The molecule has 1 aromatic heterocycles. The van der Waals surface area contributed by atoms with Crippen LogP contribution in [0, 0.1) is 0 Å². The summed E-state index contributed by atoms with van der Waals surface area (Å²) in [7, 11) is 5.37. The predicted molar refractivity (Wildman–Crippen MR) is 130 cm³/mol. The molecule has 32 heavy (non-hydrogen) atoms. The van der Waals surface area contributed by atoms with Gasteiger partial charge < -0.3 is 24.3 Å². The molecule has 0 atom stereocenters. The standard InChI is InChI=1S/C25H31N3O3.ClH/c1-27(11-6-8-18-16-26-22-10-5-4-9-20(18)22)12-7-13-28-17-19-14-23(30-2)24(31-3)15-21(19)25(28)29;/h4-5,9-10,14-16,26H,6-8,11-13,17H2,1-3H3;1H. The lowest BCUT2D eigenvalue weighted by molar-refractivity contribution is 0.0772. The fourth-order valence-electron chi connectivity index (χ4n) is 4.40. The molecule has 0 aliphatic carbocycles. The van der Waals surface area contributed by atoms with Crippen molar-refractivity contribution in [2.24, 2.45) is 0 Å². The number of carbonyl (C=O) groups excluding carboxylic acids is 1. The second-order valence-corrected chi connectivity index (χ2v) is 8.21. The first-order valence-corrected chi connectivity index (χ1v) is 10.9. The third-order valence-electron chi connectivity index (χ3n) is 6.12. The van der Waals surface area contributed by atoms with E-state index in [1.165, 1.54) is 16.5 Å². The second-order valence-electron chi connectivity index (χ2n) is 8.21. The number of carbonyl (C=O) groups is 1. The molecule has 0 saturated carbocycles. The van der Waals surface area contributed by atoms with Crippen LogP contribution in [0.15, 0.2) is 42.6 Å². The molecule has 172 valence electrons. The van der Waals surface area contributed by atoms with Gasteiger partial charge in [-0.05, 0) is 68.7 Å². The van der Waals surface area contributed by atoms with Crippen molar-refractivity contribution in [1.29, 1.82) is 0 Å². The molecule has 2 heterocycles. The molecule has 3 aromatic rings. The highest BCUT2D eigenvalue weighted by Crippen LogP contribution is 2.34. The summed E-state index contributed by atoms with van der Waals surface area (Å²) in [4.78, 5) is 20.4. The molecule has 0 unspecified atom stereocenters. The number of nitrogens with one attached hydrogen (secondary N) is 1. The number of rotatable bonds is 10. The predicted octanol–water partition coefficient (Wildman–Crippen LogP) is 4.52. The molecule has 1 aliphatic heterocycles. The number of para-hydroxylation sites is 1. The number of aromatic nitrogens is 1.